The third kappa shape index (κ3) is 5.47. The first-order valence-electron chi connectivity index (χ1n) is 10.6. The molecule has 1 aromatic rings. The molecule has 0 bridgehead atoms. The zero-order chi connectivity index (χ0) is 19.4. The highest BCUT2D eigenvalue weighted by molar-refractivity contribution is 5.66. The topological polar surface area (TPSA) is 43.8 Å². The maximum atomic E-state index is 11.7. The van der Waals surface area contributed by atoms with Gasteiger partial charge in [0.05, 0.1) is 0 Å². The van der Waals surface area contributed by atoms with Gasteiger partial charge in [0.25, 0.3) is 0 Å². The Hall–Kier alpha value is -1.55. The number of benzene rings is 1. The van der Waals surface area contributed by atoms with Crippen LogP contribution in [-0.4, -0.2) is 52.2 Å². The number of carboxylic acid groups (broad SMARTS) is 1. The van der Waals surface area contributed by atoms with Crippen molar-refractivity contribution in [3.8, 4) is 0 Å². The molecule has 0 spiro atoms. The van der Waals surface area contributed by atoms with Gasteiger partial charge in [-0.25, -0.2) is 4.79 Å². The van der Waals surface area contributed by atoms with E-state index in [2.05, 4.69) is 35.2 Å². The number of nitrogens with zero attached hydrogens (tertiary/aromatic N) is 2. The number of rotatable bonds is 5. The Morgan fingerprint density at radius 2 is 1.74 bits per heavy atom. The van der Waals surface area contributed by atoms with Gasteiger partial charge in [-0.05, 0) is 89.8 Å². The number of piperidine rings is 1. The fourth-order valence-electron chi connectivity index (χ4n) is 5.13. The first-order valence-corrected chi connectivity index (χ1v) is 10.6. The molecule has 4 heteroatoms. The van der Waals surface area contributed by atoms with E-state index in [0.717, 1.165) is 31.7 Å². The summed E-state index contributed by atoms with van der Waals surface area (Å²) in [6.07, 6.45) is 6.21. The molecule has 2 atom stereocenters. The summed E-state index contributed by atoms with van der Waals surface area (Å²) in [5.41, 5.74) is 1.15. The van der Waals surface area contributed by atoms with Crippen LogP contribution in [0.5, 0.6) is 0 Å². The van der Waals surface area contributed by atoms with Crippen LogP contribution >= 0.6 is 0 Å². The number of hydrogen-bond donors (Lipinski definition) is 1. The van der Waals surface area contributed by atoms with Crippen LogP contribution in [0.2, 0.25) is 0 Å². The van der Waals surface area contributed by atoms with Crippen molar-refractivity contribution in [2.75, 3.05) is 19.6 Å². The summed E-state index contributed by atoms with van der Waals surface area (Å²) in [6.45, 7) is 9.55. The first kappa shape index (κ1) is 20.2. The zero-order valence-corrected chi connectivity index (χ0v) is 17.2. The Balaban J connectivity index is 1.44. The van der Waals surface area contributed by atoms with Crippen molar-refractivity contribution < 1.29 is 9.90 Å². The van der Waals surface area contributed by atoms with Crippen LogP contribution < -0.4 is 0 Å². The molecule has 150 valence electrons. The number of hydrogen-bond acceptors (Lipinski definition) is 2. The molecule has 1 saturated heterocycles. The Kier molecular flexibility index (Phi) is 6.46. The Morgan fingerprint density at radius 3 is 2.33 bits per heavy atom. The number of amides is 1. The Bertz CT molecular complexity index is 603. The fraction of sp³-hybridized carbons (Fsp3) is 0.696. The molecular weight excluding hydrogens is 336 g/mol. The van der Waals surface area contributed by atoms with Crippen molar-refractivity contribution in [2.45, 2.75) is 70.9 Å². The van der Waals surface area contributed by atoms with E-state index in [1.807, 2.05) is 20.8 Å². The lowest BCUT2D eigenvalue weighted by atomic mass is 9.89. The molecule has 1 N–H and O–H groups in total. The van der Waals surface area contributed by atoms with Gasteiger partial charge in [-0.2, -0.15) is 0 Å². The van der Waals surface area contributed by atoms with Crippen molar-refractivity contribution in [1.29, 1.82) is 0 Å². The van der Waals surface area contributed by atoms with Gasteiger partial charge in [-0.3, -0.25) is 0 Å². The summed E-state index contributed by atoms with van der Waals surface area (Å²) in [4.78, 5) is 16.0. The van der Waals surface area contributed by atoms with E-state index in [1.165, 1.54) is 37.9 Å². The van der Waals surface area contributed by atoms with Crippen LogP contribution in [-0.2, 0) is 6.42 Å². The van der Waals surface area contributed by atoms with Crippen LogP contribution in [0.25, 0.3) is 0 Å². The molecular formula is C23H36N2O2. The zero-order valence-electron chi connectivity index (χ0n) is 17.2. The highest BCUT2D eigenvalue weighted by atomic mass is 16.4. The van der Waals surface area contributed by atoms with Crippen molar-refractivity contribution in [3.63, 3.8) is 0 Å². The molecule has 27 heavy (non-hydrogen) atoms. The van der Waals surface area contributed by atoms with Crippen LogP contribution in [0, 0.1) is 11.8 Å². The van der Waals surface area contributed by atoms with E-state index in [9.17, 15) is 9.90 Å². The van der Waals surface area contributed by atoms with Gasteiger partial charge in [0.1, 0.15) is 0 Å². The standard InChI is InChI=1S/C23H36N2O2/c1-23(2,3)25(22(26)27)21-10-9-20(16-21)17-24-13-11-19(12-14-24)15-18-7-5-4-6-8-18/h4-8,19-21H,9-17H2,1-3H3,(H,26,27)/t20-,21+/m0/s1. The van der Waals surface area contributed by atoms with E-state index in [4.69, 9.17) is 0 Å². The highest BCUT2D eigenvalue weighted by Crippen LogP contribution is 2.34. The Labute approximate surface area is 164 Å². The second-order valence-electron chi connectivity index (χ2n) is 9.59. The van der Waals surface area contributed by atoms with Crippen molar-refractivity contribution in [2.24, 2.45) is 11.8 Å². The number of carbonyl (C=O) groups is 1. The van der Waals surface area contributed by atoms with E-state index in [-0.39, 0.29) is 11.6 Å². The molecule has 0 unspecified atom stereocenters. The van der Waals surface area contributed by atoms with Crippen LogP contribution in [0.1, 0.15) is 58.4 Å². The van der Waals surface area contributed by atoms with Gasteiger partial charge in [-0.15, -0.1) is 0 Å². The van der Waals surface area contributed by atoms with E-state index in [0.29, 0.717) is 5.92 Å². The average Bonchev–Trinajstić information content (AvgIpc) is 3.03. The molecule has 1 aliphatic heterocycles. The number of likely N-dealkylation sites (tertiary alicyclic amines) is 1. The predicted octanol–water partition coefficient (Wildman–Crippen LogP) is 4.89. The lowest BCUT2D eigenvalue weighted by Crippen LogP contribution is -2.50. The molecule has 3 rings (SSSR count). The quantitative estimate of drug-likeness (QED) is 0.800. The van der Waals surface area contributed by atoms with E-state index >= 15 is 0 Å². The second kappa shape index (κ2) is 8.64. The molecule has 1 aromatic carbocycles. The molecule has 4 nitrogen and oxygen atoms in total. The van der Waals surface area contributed by atoms with Crippen LogP contribution in [0.15, 0.2) is 30.3 Å². The summed E-state index contributed by atoms with van der Waals surface area (Å²) in [5.74, 6) is 1.45. The van der Waals surface area contributed by atoms with Gasteiger partial charge in [-0.1, -0.05) is 30.3 Å². The molecule has 1 aliphatic carbocycles. The summed E-state index contributed by atoms with van der Waals surface area (Å²) in [6, 6.07) is 11.0. The van der Waals surface area contributed by atoms with Crippen molar-refractivity contribution >= 4 is 6.09 Å². The minimum Gasteiger partial charge on any atom is -0.465 e. The first-order chi connectivity index (χ1) is 12.8. The third-order valence-corrected chi connectivity index (χ3v) is 6.40. The van der Waals surface area contributed by atoms with E-state index < -0.39 is 6.09 Å². The van der Waals surface area contributed by atoms with Crippen LogP contribution in [0.3, 0.4) is 0 Å². The summed E-state index contributed by atoms with van der Waals surface area (Å²) < 4.78 is 0. The van der Waals surface area contributed by atoms with Crippen LogP contribution in [0.4, 0.5) is 4.79 Å². The molecule has 2 fully saturated rings. The molecule has 1 saturated carbocycles. The summed E-state index contributed by atoms with van der Waals surface area (Å²) in [5, 5.41) is 9.64. The minimum absolute atomic E-state index is 0.183. The minimum atomic E-state index is -0.769. The smallest absolute Gasteiger partial charge is 0.407 e. The summed E-state index contributed by atoms with van der Waals surface area (Å²) in [7, 11) is 0. The van der Waals surface area contributed by atoms with Crippen molar-refractivity contribution in [1.82, 2.24) is 9.80 Å². The average molecular weight is 373 g/mol. The van der Waals surface area contributed by atoms with E-state index in [1.54, 1.807) is 4.90 Å². The summed E-state index contributed by atoms with van der Waals surface area (Å²) >= 11 is 0. The normalized spacial score (nSPS) is 24.9. The van der Waals surface area contributed by atoms with Gasteiger partial charge in [0.15, 0.2) is 0 Å². The van der Waals surface area contributed by atoms with Gasteiger partial charge in [0.2, 0.25) is 0 Å². The Morgan fingerprint density at radius 1 is 1.07 bits per heavy atom. The second-order valence-corrected chi connectivity index (χ2v) is 9.59. The monoisotopic (exact) mass is 372 g/mol. The molecule has 2 aliphatic rings. The molecule has 1 amide bonds. The maximum Gasteiger partial charge on any atom is 0.407 e. The maximum absolute atomic E-state index is 11.7. The SMILES string of the molecule is CC(C)(C)N(C(=O)O)[C@@H]1CC[C@H](CN2CCC(Cc3ccccc3)CC2)C1. The van der Waals surface area contributed by atoms with Gasteiger partial charge < -0.3 is 14.9 Å². The largest absolute Gasteiger partial charge is 0.465 e. The lowest BCUT2D eigenvalue weighted by molar-refractivity contribution is 0.0694. The predicted molar refractivity (Wildman–Crippen MR) is 110 cm³/mol. The van der Waals surface area contributed by atoms with Gasteiger partial charge in [0, 0.05) is 18.1 Å². The van der Waals surface area contributed by atoms with Gasteiger partial charge >= 0.3 is 6.09 Å². The molecule has 0 radical (unpaired) electrons. The molecule has 0 aromatic heterocycles. The fourth-order valence-corrected chi connectivity index (χ4v) is 5.13. The molecule has 1 heterocycles. The third-order valence-electron chi connectivity index (χ3n) is 6.40. The highest BCUT2D eigenvalue weighted by Gasteiger charge is 2.38. The van der Waals surface area contributed by atoms with Crippen molar-refractivity contribution in [3.05, 3.63) is 35.9 Å². The lowest BCUT2D eigenvalue weighted by Gasteiger charge is -2.38.